The molecular formula is C10H15N. The second-order valence-electron chi connectivity index (χ2n) is 3.82. The predicted octanol–water partition coefficient (Wildman–Crippen LogP) is 2.94. The van der Waals surface area contributed by atoms with Crippen molar-refractivity contribution in [3.05, 3.63) is 24.3 Å². The molecule has 0 unspecified atom stereocenters. The van der Waals surface area contributed by atoms with Crippen molar-refractivity contribution >= 4 is 5.71 Å². The van der Waals surface area contributed by atoms with E-state index in [0.29, 0.717) is 5.71 Å². The standard InChI is InChI=1S/C10H15N/c1-7-8(2)10(3,4)6-5-9(7)11/h11H,1-2,5-6H2,3-4H3. The maximum Gasteiger partial charge on any atom is 0.0383 e. The van der Waals surface area contributed by atoms with E-state index in [-0.39, 0.29) is 5.41 Å². The molecule has 0 heterocycles. The summed E-state index contributed by atoms with van der Waals surface area (Å²) < 4.78 is 0. The summed E-state index contributed by atoms with van der Waals surface area (Å²) in [7, 11) is 0. The first kappa shape index (κ1) is 8.25. The molecule has 0 radical (unpaired) electrons. The van der Waals surface area contributed by atoms with E-state index < -0.39 is 0 Å². The van der Waals surface area contributed by atoms with Gasteiger partial charge in [-0.2, -0.15) is 0 Å². The summed E-state index contributed by atoms with van der Waals surface area (Å²) in [4.78, 5) is 0. The van der Waals surface area contributed by atoms with Crippen LogP contribution in [0.3, 0.4) is 0 Å². The van der Waals surface area contributed by atoms with E-state index in [1.165, 1.54) is 0 Å². The summed E-state index contributed by atoms with van der Waals surface area (Å²) >= 11 is 0. The summed E-state index contributed by atoms with van der Waals surface area (Å²) in [6.07, 6.45) is 1.88. The van der Waals surface area contributed by atoms with Gasteiger partial charge in [0.15, 0.2) is 0 Å². The van der Waals surface area contributed by atoms with Gasteiger partial charge in [-0.25, -0.2) is 0 Å². The Morgan fingerprint density at radius 3 is 2.36 bits per heavy atom. The Morgan fingerprint density at radius 1 is 1.36 bits per heavy atom. The smallest absolute Gasteiger partial charge is 0.0383 e. The second kappa shape index (κ2) is 2.33. The molecule has 1 aliphatic rings. The molecule has 11 heavy (non-hydrogen) atoms. The topological polar surface area (TPSA) is 23.9 Å². The van der Waals surface area contributed by atoms with Gasteiger partial charge in [-0.15, -0.1) is 0 Å². The van der Waals surface area contributed by atoms with Crippen molar-refractivity contribution < 1.29 is 0 Å². The SMILES string of the molecule is C=C1C(=C)C(C)(C)CCC1=N. The van der Waals surface area contributed by atoms with E-state index >= 15 is 0 Å². The fourth-order valence-electron chi connectivity index (χ4n) is 1.33. The number of nitrogens with one attached hydrogen (secondary N) is 1. The highest BCUT2D eigenvalue weighted by Crippen LogP contribution is 2.39. The third-order valence-electron chi connectivity index (χ3n) is 2.55. The minimum absolute atomic E-state index is 0.154. The Hall–Kier alpha value is -0.850. The molecule has 1 heteroatoms. The molecule has 1 nitrogen and oxygen atoms in total. The first-order valence-corrected chi connectivity index (χ1v) is 3.91. The summed E-state index contributed by atoms with van der Waals surface area (Å²) in [6.45, 7) is 12.1. The Bertz CT molecular complexity index is 233. The molecule has 0 aromatic heterocycles. The van der Waals surface area contributed by atoms with Gasteiger partial charge in [0.05, 0.1) is 0 Å². The molecule has 0 aliphatic heterocycles. The zero-order valence-electron chi connectivity index (χ0n) is 7.33. The third kappa shape index (κ3) is 1.28. The van der Waals surface area contributed by atoms with Gasteiger partial charge in [-0.1, -0.05) is 27.0 Å². The minimum atomic E-state index is 0.154. The van der Waals surface area contributed by atoms with Crippen LogP contribution in [0.1, 0.15) is 26.7 Å². The molecule has 1 fully saturated rings. The van der Waals surface area contributed by atoms with E-state index in [1.807, 2.05) is 0 Å². The van der Waals surface area contributed by atoms with Crippen molar-refractivity contribution in [2.45, 2.75) is 26.7 Å². The first-order valence-electron chi connectivity index (χ1n) is 3.91. The normalized spacial score (nSPS) is 24.0. The van der Waals surface area contributed by atoms with Crippen LogP contribution in [0.15, 0.2) is 24.3 Å². The summed E-state index contributed by atoms with van der Waals surface area (Å²) in [5, 5.41) is 7.54. The van der Waals surface area contributed by atoms with Crippen molar-refractivity contribution in [2.24, 2.45) is 5.41 Å². The van der Waals surface area contributed by atoms with Crippen LogP contribution in [0.5, 0.6) is 0 Å². The highest BCUT2D eigenvalue weighted by atomic mass is 14.5. The highest BCUT2D eigenvalue weighted by molar-refractivity contribution is 6.02. The fraction of sp³-hybridized carbons (Fsp3) is 0.500. The molecule has 1 aliphatic carbocycles. The van der Waals surface area contributed by atoms with Gasteiger partial charge < -0.3 is 5.41 Å². The van der Waals surface area contributed by atoms with Crippen molar-refractivity contribution in [2.75, 3.05) is 0 Å². The maximum absolute atomic E-state index is 7.54. The van der Waals surface area contributed by atoms with Gasteiger partial charge in [0.1, 0.15) is 0 Å². The zero-order chi connectivity index (χ0) is 8.65. The number of rotatable bonds is 0. The lowest BCUT2D eigenvalue weighted by molar-refractivity contribution is 0.415. The lowest BCUT2D eigenvalue weighted by Gasteiger charge is -2.33. The van der Waals surface area contributed by atoms with E-state index in [4.69, 9.17) is 5.41 Å². The van der Waals surface area contributed by atoms with E-state index in [2.05, 4.69) is 27.0 Å². The molecule has 0 bridgehead atoms. The molecule has 0 amide bonds. The number of hydrogen-bond acceptors (Lipinski definition) is 1. The van der Waals surface area contributed by atoms with Gasteiger partial charge in [0.2, 0.25) is 0 Å². The third-order valence-corrected chi connectivity index (χ3v) is 2.55. The van der Waals surface area contributed by atoms with Gasteiger partial charge in [-0.05, 0) is 29.4 Å². The molecular weight excluding hydrogens is 134 g/mol. The molecule has 60 valence electrons. The van der Waals surface area contributed by atoms with Crippen LogP contribution >= 0.6 is 0 Å². The molecule has 0 atom stereocenters. The quantitative estimate of drug-likeness (QED) is 0.547. The Labute approximate surface area is 68.3 Å². The van der Waals surface area contributed by atoms with Gasteiger partial charge in [0.25, 0.3) is 0 Å². The Morgan fingerprint density at radius 2 is 1.91 bits per heavy atom. The molecule has 0 aromatic rings. The van der Waals surface area contributed by atoms with Gasteiger partial charge >= 0.3 is 0 Å². The van der Waals surface area contributed by atoms with Gasteiger partial charge in [-0.3, -0.25) is 0 Å². The van der Waals surface area contributed by atoms with E-state index in [1.54, 1.807) is 0 Å². The van der Waals surface area contributed by atoms with Gasteiger partial charge in [0, 0.05) is 5.71 Å². The first-order chi connectivity index (χ1) is 4.95. The average molecular weight is 149 g/mol. The summed E-state index contributed by atoms with van der Waals surface area (Å²) in [5.74, 6) is 0. The molecule has 1 N–H and O–H groups in total. The molecule has 0 saturated heterocycles. The molecule has 0 spiro atoms. The van der Waals surface area contributed by atoms with E-state index in [0.717, 1.165) is 24.0 Å². The van der Waals surface area contributed by atoms with Crippen LogP contribution in [-0.4, -0.2) is 5.71 Å². The van der Waals surface area contributed by atoms with Crippen LogP contribution in [0.2, 0.25) is 0 Å². The lowest BCUT2D eigenvalue weighted by Crippen LogP contribution is -2.25. The van der Waals surface area contributed by atoms with Crippen molar-refractivity contribution in [3.63, 3.8) is 0 Å². The predicted molar refractivity (Wildman–Crippen MR) is 49.0 cm³/mol. The monoisotopic (exact) mass is 149 g/mol. The second-order valence-corrected chi connectivity index (χ2v) is 3.82. The van der Waals surface area contributed by atoms with Crippen molar-refractivity contribution in [1.29, 1.82) is 5.41 Å². The molecule has 0 aromatic carbocycles. The summed E-state index contributed by atoms with van der Waals surface area (Å²) in [5.41, 5.74) is 2.70. The van der Waals surface area contributed by atoms with Crippen LogP contribution < -0.4 is 0 Å². The zero-order valence-corrected chi connectivity index (χ0v) is 7.33. The van der Waals surface area contributed by atoms with Crippen molar-refractivity contribution in [1.82, 2.24) is 0 Å². The number of hydrogen-bond donors (Lipinski definition) is 1. The van der Waals surface area contributed by atoms with Crippen LogP contribution in [0.4, 0.5) is 0 Å². The molecule has 1 rings (SSSR count). The molecule has 1 saturated carbocycles. The minimum Gasteiger partial charge on any atom is -0.305 e. The van der Waals surface area contributed by atoms with Crippen molar-refractivity contribution in [3.8, 4) is 0 Å². The number of allylic oxidation sites excluding steroid dienone is 2. The Kier molecular flexibility index (Phi) is 1.75. The average Bonchev–Trinajstić information content (AvgIpc) is 1.95. The van der Waals surface area contributed by atoms with Crippen LogP contribution in [0.25, 0.3) is 0 Å². The largest absolute Gasteiger partial charge is 0.305 e. The van der Waals surface area contributed by atoms with Crippen LogP contribution in [-0.2, 0) is 0 Å². The Balaban J connectivity index is 2.93. The van der Waals surface area contributed by atoms with E-state index in [9.17, 15) is 0 Å². The van der Waals surface area contributed by atoms with Crippen LogP contribution in [0, 0.1) is 10.8 Å². The highest BCUT2D eigenvalue weighted by Gasteiger charge is 2.29. The maximum atomic E-state index is 7.54. The fourth-order valence-corrected chi connectivity index (χ4v) is 1.33. The lowest BCUT2D eigenvalue weighted by atomic mass is 9.71. The summed E-state index contributed by atoms with van der Waals surface area (Å²) in [6, 6.07) is 0.